The van der Waals surface area contributed by atoms with E-state index < -0.39 is 0 Å². The van der Waals surface area contributed by atoms with Crippen LogP contribution in [0.25, 0.3) is 0 Å². The molecule has 122 valence electrons. The van der Waals surface area contributed by atoms with Crippen LogP contribution in [0.4, 0.5) is 4.39 Å². The molecule has 2 fully saturated rings. The molecule has 3 rings (SSSR count). The third-order valence-corrected chi connectivity index (χ3v) is 5.20. The quantitative estimate of drug-likeness (QED) is 0.924. The minimum atomic E-state index is -0.164. The van der Waals surface area contributed by atoms with Gasteiger partial charge >= 0.3 is 0 Å². The van der Waals surface area contributed by atoms with Gasteiger partial charge in [0.15, 0.2) is 0 Å². The highest BCUT2D eigenvalue weighted by Crippen LogP contribution is 2.24. The van der Waals surface area contributed by atoms with Crippen LogP contribution in [0.5, 0.6) is 0 Å². The Morgan fingerprint density at radius 2 is 1.68 bits per heavy atom. The number of rotatable bonds is 4. The smallest absolute Gasteiger partial charge is 0.123 e. The van der Waals surface area contributed by atoms with Crippen molar-refractivity contribution in [3.63, 3.8) is 0 Å². The molecule has 1 aliphatic heterocycles. The van der Waals surface area contributed by atoms with E-state index in [1.807, 2.05) is 12.1 Å². The third-order valence-electron chi connectivity index (χ3n) is 5.20. The van der Waals surface area contributed by atoms with Crippen LogP contribution in [-0.2, 0) is 6.42 Å². The van der Waals surface area contributed by atoms with E-state index in [4.69, 9.17) is 0 Å². The van der Waals surface area contributed by atoms with E-state index in [0.717, 1.165) is 52.0 Å². The summed E-state index contributed by atoms with van der Waals surface area (Å²) in [5.74, 6) is -0.164. The molecule has 1 aromatic rings. The first-order chi connectivity index (χ1) is 10.7. The number of halogens is 1. The van der Waals surface area contributed by atoms with Crippen LogP contribution in [0.1, 0.15) is 31.2 Å². The van der Waals surface area contributed by atoms with Crippen molar-refractivity contribution in [1.29, 1.82) is 0 Å². The van der Waals surface area contributed by atoms with Crippen molar-refractivity contribution in [3.05, 3.63) is 35.6 Å². The molecule has 22 heavy (non-hydrogen) atoms. The highest BCUT2D eigenvalue weighted by atomic mass is 19.1. The molecule has 1 N–H and O–H groups in total. The second-order valence-electron chi connectivity index (χ2n) is 6.67. The van der Waals surface area contributed by atoms with E-state index in [2.05, 4.69) is 9.80 Å². The van der Waals surface area contributed by atoms with E-state index in [-0.39, 0.29) is 11.9 Å². The van der Waals surface area contributed by atoms with E-state index in [1.54, 1.807) is 0 Å². The molecule has 0 radical (unpaired) electrons. The Morgan fingerprint density at radius 1 is 1.00 bits per heavy atom. The Balaban J connectivity index is 1.42. The maximum Gasteiger partial charge on any atom is 0.123 e. The molecular weight excluding hydrogens is 279 g/mol. The molecule has 2 atom stereocenters. The van der Waals surface area contributed by atoms with E-state index in [1.165, 1.54) is 30.5 Å². The lowest BCUT2D eigenvalue weighted by Gasteiger charge is -2.42. The largest absolute Gasteiger partial charge is 0.391 e. The Kier molecular flexibility index (Phi) is 5.45. The molecule has 0 unspecified atom stereocenters. The van der Waals surface area contributed by atoms with Gasteiger partial charge in [0.05, 0.1) is 6.10 Å². The van der Waals surface area contributed by atoms with Crippen molar-refractivity contribution < 1.29 is 9.50 Å². The number of nitrogens with zero attached hydrogens (tertiary/aromatic N) is 2. The summed E-state index contributed by atoms with van der Waals surface area (Å²) in [6.07, 6.45) is 5.40. The van der Waals surface area contributed by atoms with Crippen LogP contribution >= 0.6 is 0 Å². The summed E-state index contributed by atoms with van der Waals surface area (Å²) in [4.78, 5) is 4.97. The van der Waals surface area contributed by atoms with Gasteiger partial charge in [0, 0.05) is 38.8 Å². The van der Waals surface area contributed by atoms with Crippen molar-refractivity contribution in [3.8, 4) is 0 Å². The predicted molar refractivity (Wildman–Crippen MR) is 86.4 cm³/mol. The molecule has 0 amide bonds. The molecule has 0 spiro atoms. The number of benzene rings is 1. The summed E-state index contributed by atoms with van der Waals surface area (Å²) in [6, 6.07) is 7.22. The predicted octanol–water partition coefficient (Wildman–Crippen LogP) is 2.29. The number of aliphatic hydroxyl groups is 1. The van der Waals surface area contributed by atoms with Gasteiger partial charge in [-0.05, 0) is 37.0 Å². The monoisotopic (exact) mass is 306 g/mol. The van der Waals surface area contributed by atoms with E-state index in [9.17, 15) is 9.50 Å². The topological polar surface area (TPSA) is 26.7 Å². The van der Waals surface area contributed by atoms with Crippen molar-refractivity contribution >= 4 is 0 Å². The number of piperazine rings is 1. The lowest BCUT2D eigenvalue weighted by Crippen LogP contribution is -2.54. The van der Waals surface area contributed by atoms with Gasteiger partial charge in [-0.15, -0.1) is 0 Å². The first-order valence-corrected chi connectivity index (χ1v) is 8.61. The van der Waals surface area contributed by atoms with Gasteiger partial charge in [-0.25, -0.2) is 4.39 Å². The van der Waals surface area contributed by atoms with Crippen molar-refractivity contribution in [1.82, 2.24) is 9.80 Å². The Bertz CT molecular complexity index is 457. The van der Waals surface area contributed by atoms with Gasteiger partial charge in [-0.2, -0.15) is 0 Å². The summed E-state index contributed by atoms with van der Waals surface area (Å²) in [7, 11) is 0. The zero-order valence-electron chi connectivity index (χ0n) is 13.3. The minimum absolute atomic E-state index is 0.125. The molecule has 1 aromatic carbocycles. The third kappa shape index (κ3) is 4.06. The van der Waals surface area contributed by atoms with Gasteiger partial charge in [-0.1, -0.05) is 25.0 Å². The Hall–Kier alpha value is -0.970. The molecule has 0 bridgehead atoms. The summed E-state index contributed by atoms with van der Waals surface area (Å²) in [5, 5.41) is 10.2. The van der Waals surface area contributed by atoms with Gasteiger partial charge < -0.3 is 10.0 Å². The second kappa shape index (κ2) is 7.53. The van der Waals surface area contributed by atoms with E-state index in [0.29, 0.717) is 6.04 Å². The average molecular weight is 306 g/mol. The Labute approximate surface area is 132 Å². The zero-order valence-corrected chi connectivity index (χ0v) is 13.3. The Morgan fingerprint density at radius 3 is 2.36 bits per heavy atom. The molecular formula is C18H27FN2O. The lowest BCUT2D eigenvalue weighted by molar-refractivity contribution is -0.00329. The van der Waals surface area contributed by atoms with Gasteiger partial charge in [0.1, 0.15) is 5.82 Å². The SMILES string of the molecule is O[C@H]1CCCC[C@H]1N1CCN(CCc2ccc(F)cc2)CC1. The molecule has 1 aliphatic carbocycles. The van der Waals surface area contributed by atoms with Crippen LogP contribution < -0.4 is 0 Å². The fraction of sp³-hybridized carbons (Fsp3) is 0.667. The summed E-state index contributed by atoms with van der Waals surface area (Å²) in [5.41, 5.74) is 1.20. The normalized spacial score (nSPS) is 27.9. The van der Waals surface area contributed by atoms with E-state index >= 15 is 0 Å². The van der Waals surface area contributed by atoms with Gasteiger partial charge in [-0.3, -0.25) is 4.90 Å². The van der Waals surface area contributed by atoms with Crippen LogP contribution in [0, 0.1) is 5.82 Å². The summed E-state index contributed by atoms with van der Waals surface area (Å²) >= 11 is 0. The van der Waals surface area contributed by atoms with Crippen LogP contribution in [0.2, 0.25) is 0 Å². The fourth-order valence-electron chi connectivity index (χ4n) is 3.77. The summed E-state index contributed by atoms with van der Waals surface area (Å²) < 4.78 is 12.9. The standard InChI is InChI=1S/C18H27FN2O/c19-16-7-5-15(6-8-16)9-10-20-11-13-21(14-12-20)17-3-1-2-4-18(17)22/h5-8,17-18,22H,1-4,9-14H2/t17-,18+/m1/s1. The highest BCUT2D eigenvalue weighted by molar-refractivity contribution is 5.16. The maximum atomic E-state index is 12.9. The van der Waals surface area contributed by atoms with Crippen molar-refractivity contribution in [2.75, 3.05) is 32.7 Å². The van der Waals surface area contributed by atoms with Gasteiger partial charge in [0.2, 0.25) is 0 Å². The molecule has 3 nitrogen and oxygen atoms in total. The second-order valence-corrected chi connectivity index (χ2v) is 6.67. The first-order valence-electron chi connectivity index (χ1n) is 8.61. The molecule has 0 aromatic heterocycles. The maximum absolute atomic E-state index is 12.9. The number of hydrogen-bond donors (Lipinski definition) is 1. The summed E-state index contributed by atoms with van der Waals surface area (Å²) in [6.45, 7) is 5.30. The highest BCUT2D eigenvalue weighted by Gasteiger charge is 2.30. The minimum Gasteiger partial charge on any atom is -0.391 e. The van der Waals surface area contributed by atoms with Crippen molar-refractivity contribution in [2.24, 2.45) is 0 Å². The molecule has 1 heterocycles. The van der Waals surface area contributed by atoms with Gasteiger partial charge in [0.25, 0.3) is 0 Å². The first kappa shape index (κ1) is 15.9. The molecule has 1 saturated heterocycles. The van der Waals surface area contributed by atoms with Crippen LogP contribution in [0.15, 0.2) is 24.3 Å². The molecule has 4 heteroatoms. The number of hydrogen-bond acceptors (Lipinski definition) is 3. The number of aliphatic hydroxyl groups excluding tert-OH is 1. The van der Waals surface area contributed by atoms with Crippen LogP contribution in [-0.4, -0.2) is 59.8 Å². The average Bonchev–Trinajstić information content (AvgIpc) is 2.55. The fourth-order valence-corrected chi connectivity index (χ4v) is 3.77. The molecule has 1 saturated carbocycles. The van der Waals surface area contributed by atoms with Crippen LogP contribution in [0.3, 0.4) is 0 Å². The van der Waals surface area contributed by atoms with Crippen molar-refractivity contribution in [2.45, 2.75) is 44.2 Å². The molecule has 2 aliphatic rings. The zero-order chi connectivity index (χ0) is 15.4. The lowest BCUT2D eigenvalue weighted by atomic mass is 9.91.